The zero-order valence-electron chi connectivity index (χ0n) is 12.8. The SMILES string of the molecule is C[C@@H]1C[C@@H]2[C@H]([C@@H]3C=CC[C@@H]4CC[C@@H]5O[C@]45[C@@]13O)C2(C)C. The van der Waals surface area contributed by atoms with E-state index in [9.17, 15) is 5.11 Å². The van der Waals surface area contributed by atoms with Gasteiger partial charge < -0.3 is 9.84 Å². The molecule has 110 valence electrons. The van der Waals surface area contributed by atoms with Crippen LogP contribution in [-0.4, -0.2) is 22.4 Å². The molecule has 1 spiro atoms. The lowest BCUT2D eigenvalue weighted by Gasteiger charge is -2.48. The Labute approximate surface area is 121 Å². The second kappa shape index (κ2) is 3.20. The van der Waals surface area contributed by atoms with Gasteiger partial charge in [-0.2, -0.15) is 0 Å². The Morgan fingerprint density at radius 2 is 2.05 bits per heavy atom. The lowest BCUT2D eigenvalue weighted by molar-refractivity contribution is -0.145. The molecule has 0 aromatic heterocycles. The van der Waals surface area contributed by atoms with E-state index in [-0.39, 0.29) is 5.60 Å². The van der Waals surface area contributed by atoms with E-state index < -0.39 is 5.60 Å². The maximum atomic E-state index is 11.9. The summed E-state index contributed by atoms with van der Waals surface area (Å²) in [6, 6.07) is 0. The van der Waals surface area contributed by atoms with Gasteiger partial charge in [-0.15, -0.1) is 0 Å². The number of fused-ring (bicyclic) bond motifs is 3. The molecule has 0 bridgehead atoms. The van der Waals surface area contributed by atoms with Crippen LogP contribution in [0.3, 0.4) is 0 Å². The van der Waals surface area contributed by atoms with Crippen molar-refractivity contribution in [1.82, 2.24) is 0 Å². The predicted molar refractivity (Wildman–Crippen MR) is 77.1 cm³/mol. The molecular formula is C18H26O2. The molecule has 20 heavy (non-hydrogen) atoms. The average Bonchev–Trinajstić information content (AvgIpc) is 3.22. The fourth-order valence-electron chi connectivity index (χ4n) is 6.79. The molecule has 4 fully saturated rings. The van der Waals surface area contributed by atoms with Gasteiger partial charge >= 0.3 is 0 Å². The monoisotopic (exact) mass is 274 g/mol. The lowest BCUT2D eigenvalue weighted by Crippen LogP contribution is -2.60. The molecule has 0 unspecified atom stereocenters. The smallest absolute Gasteiger partial charge is 0.127 e. The third kappa shape index (κ3) is 1.04. The van der Waals surface area contributed by atoms with Gasteiger partial charge in [-0.3, -0.25) is 0 Å². The predicted octanol–water partition coefficient (Wildman–Crippen LogP) is 3.15. The zero-order valence-corrected chi connectivity index (χ0v) is 12.8. The highest BCUT2D eigenvalue weighted by atomic mass is 16.6. The second-order valence-electron chi connectivity index (χ2n) is 8.78. The van der Waals surface area contributed by atoms with Gasteiger partial charge in [0.15, 0.2) is 0 Å². The molecule has 0 radical (unpaired) electrons. The Morgan fingerprint density at radius 1 is 1.25 bits per heavy atom. The molecule has 0 aromatic carbocycles. The van der Waals surface area contributed by atoms with E-state index in [1.165, 1.54) is 12.8 Å². The molecule has 4 aliphatic carbocycles. The maximum absolute atomic E-state index is 11.9. The van der Waals surface area contributed by atoms with Gasteiger partial charge in [-0.05, 0) is 54.8 Å². The van der Waals surface area contributed by atoms with E-state index in [0.717, 1.165) is 18.8 Å². The van der Waals surface area contributed by atoms with Crippen LogP contribution in [0.25, 0.3) is 0 Å². The summed E-state index contributed by atoms with van der Waals surface area (Å²) in [4.78, 5) is 0. The summed E-state index contributed by atoms with van der Waals surface area (Å²) in [6.45, 7) is 7.07. The van der Waals surface area contributed by atoms with Crippen molar-refractivity contribution in [3.63, 3.8) is 0 Å². The molecule has 2 nitrogen and oxygen atoms in total. The molecule has 5 aliphatic rings. The molecule has 1 N–H and O–H groups in total. The van der Waals surface area contributed by atoms with E-state index >= 15 is 0 Å². The molecule has 1 saturated heterocycles. The van der Waals surface area contributed by atoms with Crippen LogP contribution in [0.4, 0.5) is 0 Å². The molecule has 0 amide bonds. The van der Waals surface area contributed by atoms with E-state index in [4.69, 9.17) is 4.74 Å². The maximum Gasteiger partial charge on any atom is 0.127 e. The van der Waals surface area contributed by atoms with Gasteiger partial charge in [0.25, 0.3) is 0 Å². The van der Waals surface area contributed by atoms with Gasteiger partial charge in [-0.1, -0.05) is 32.9 Å². The first-order chi connectivity index (χ1) is 9.44. The van der Waals surface area contributed by atoms with Crippen molar-refractivity contribution in [2.24, 2.45) is 35.0 Å². The number of hydrogen-bond acceptors (Lipinski definition) is 2. The van der Waals surface area contributed by atoms with Crippen molar-refractivity contribution < 1.29 is 9.84 Å². The van der Waals surface area contributed by atoms with Crippen molar-refractivity contribution in [1.29, 1.82) is 0 Å². The quantitative estimate of drug-likeness (QED) is 0.543. The number of epoxide rings is 1. The minimum atomic E-state index is -0.610. The fourth-order valence-corrected chi connectivity index (χ4v) is 6.79. The molecule has 0 aromatic rings. The van der Waals surface area contributed by atoms with Gasteiger partial charge in [0.05, 0.1) is 6.10 Å². The van der Waals surface area contributed by atoms with Crippen LogP contribution in [0.15, 0.2) is 12.2 Å². The largest absolute Gasteiger partial charge is 0.386 e. The van der Waals surface area contributed by atoms with E-state index in [1.807, 2.05) is 0 Å². The molecule has 5 rings (SSSR count). The fraction of sp³-hybridized carbons (Fsp3) is 0.889. The van der Waals surface area contributed by atoms with Crippen LogP contribution in [0.2, 0.25) is 0 Å². The normalized spacial score (nSPS) is 64.6. The highest BCUT2D eigenvalue weighted by Gasteiger charge is 2.82. The highest BCUT2D eigenvalue weighted by molar-refractivity contribution is 5.34. The Hall–Kier alpha value is -0.340. The van der Waals surface area contributed by atoms with Crippen LogP contribution in [0.1, 0.15) is 46.5 Å². The average molecular weight is 274 g/mol. The van der Waals surface area contributed by atoms with Crippen LogP contribution in [-0.2, 0) is 4.74 Å². The molecule has 1 heterocycles. The number of aliphatic hydroxyl groups is 1. The number of ether oxygens (including phenoxy) is 1. The standard InChI is InChI=1S/C18H26O2/c1-10-9-13-15(16(13,2)3)12-6-4-5-11-7-8-14-18(11,20-14)17(10,12)19/h4,6,10-15,19H,5,7-9H2,1-3H3/t10-,11-,12+,13-,14+,15+,17-,18-/m1/s1. The number of rotatable bonds is 0. The Morgan fingerprint density at radius 3 is 2.80 bits per heavy atom. The second-order valence-corrected chi connectivity index (χ2v) is 8.78. The minimum Gasteiger partial charge on any atom is -0.386 e. The van der Waals surface area contributed by atoms with Crippen LogP contribution < -0.4 is 0 Å². The molecular weight excluding hydrogens is 248 g/mol. The zero-order chi connectivity index (χ0) is 13.9. The summed E-state index contributed by atoms with van der Waals surface area (Å²) in [7, 11) is 0. The topological polar surface area (TPSA) is 32.8 Å². The van der Waals surface area contributed by atoms with Crippen LogP contribution in [0, 0.1) is 35.0 Å². The van der Waals surface area contributed by atoms with Gasteiger partial charge in [0.2, 0.25) is 0 Å². The van der Waals surface area contributed by atoms with Gasteiger partial charge in [0, 0.05) is 5.92 Å². The van der Waals surface area contributed by atoms with Crippen LogP contribution >= 0.6 is 0 Å². The first-order valence-electron chi connectivity index (χ1n) is 8.51. The van der Waals surface area contributed by atoms with Crippen molar-refractivity contribution >= 4 is 0 Å². The van der Waals surface area contributed by atoms with E-state index in [2.05, 4.69) is 32.9 Å². The Balaban J connectivity index is 1.66. The number of allylic oxidation sites excluding steroid dienone is 1. The van der Waals surface area contributed by atoms with Gasteiger partial charge in [-0.25, -0.2) is 0 Å². The third-order valence-corrected chi connectivity index (χ3v) is 7.93. The lowest BCUT2D eigenvalue weighted by atomic mass is 9.60. The van der Waals surface area contributed by atoms with Gasteiger partial charge in [0.1, 0.15) is 11.2 Å². The first-order valence-corrected chi connectivity index (χ1v) is 8.51. The van der Waals surface area contributed by atoms with E-state index in [1.54, 1.807) is 0 Å². The summed E-state index contributed by atoms with van der Waals surface area (Å²) in [5, 5.41) is 11.9. The molecule has 8 atom stereocenters. The Kier molecular flexibility index (Phi) is 1.96. The molecule has 3 saturated carbocycles. The van der Waals surface area contributed by atoms with E-state index in [0.29, 0.717) is 35.2 Å². The highest BCUT2D eigenvalue weighted by Crippen LogP contribution is 2.76. The summed E-state index contributed by atoms with van der Waals surface area (Å²) in [5.74, 6) is 2.71. The summed E-state index contributed by atoms with van der Waals surface area (Å²) < 4.78 is 6.21. The number of hydrogen-bond donors (Lipinski definition) is 1. The molecule has 1 aliphatic heterocycles. The first kappa shape index (κ1) is 12.2. The third-order valence-electron chi connectivity index (χ3n) is 7.93. The van der Waals surface area contributed by atoms with Crippen molar-refractivity contribution in [2.45, 2.75) is 63.8 Å². The summed E-state index contributed by atoms with van der Waals surface area (Å²) >= 11 is 0. The van der Waals surface area contributed by atoms with Crippen molar-refractivity contribution in [2.75, 3.05) is 0 Å². The van der Waals surface area contributed by atoms with Crippen LogP contribution in [0.5, 0.6) is 0 Å². The van der Waals surface area contributed by atoms with Crippen molar-refractivity contribution in [3.8, 4) is 0 Å². The minimum absolute atomic E-state index is 0.190. The van der Waals surface area contributed by atoms with Crippen molar-refractivity contribution in [3.05, 3.63) is 12.2 Å². The molecule has 2 heteroatoms. The summed E-state index contributed by atoms with van der Waals surface area (Å²) in [5.41, 5.74) is -0.391. The Bertz CT molecular complexity index is 510. The summed E-state index contributed by atoms with van der Waals surface area (Å²) in [6.07, 6.45) is 9.78.